The Hall–Kier alpha value is -1.81. The molecule has 2 aliphatic rings. The fourth-order valence-corrected chi connectivity index (χ4v) is 7.01. The Kier molecular flexibility index (Phi) is 6.24. The predicted octanol–water partition coefficient (Wildman–Crippen LogP) is 3.34. The Bertz CT molecular complexity index is 1020. The van der Waals surface area contributed by atoms with E-state index in [0.717, 1.165) is 50.9 Å². The number of anilines is 1. The van der Waals surface area contributed by atoms with Crippen LogP contribution in [0.5, 0.6) is 0 Å². The number of carbonyl (C=O) groups excluding carboxylic acids is 1. The number of benzene rings is 1. The van der Waals surface area contributed by atoms with Crippen LogP contribution in [0.3, 0.4) is 0 Å². The van der Waals surface area contributed by atoms with E-state index in [9.17, 15) is 13.2 Å². The number of aromatic nitrogens is 1. The van der Waals surface area contributed by atoms with Gasteiger partial charge in [-0.25, -0.2) is 13.4 Å². The van der Waals surface area contributed by atoms with Crippen molar-refractivity contribution >= 4 is 32.4 Å². The van der Waals surface area contributed by atoms with Crippen LogP contribution in [-0.2, 0) is 23.0 Å². The Morgan fingerprint density at radius 3 is 2.73 bits per heavy atom. The third-order valence-electron chi connectivity index (χ3n) is 5.91. The number of piperidine rings is 1. The second-order valence-corrected chi connectivity index (χ2v) is 11.0. The van der Waals surface area contributed by atoms with Gasteiger partial charge in [-0.1, -0.05) is 13.3 Å². The van der Waals surface area contributed by atoms with Crippen LogP contribution in [0.25, 0.3) is 0 Å². The van der Waals surface area contributed by atoms with Crippen LogP contribution < -0.4 is 5.32 Å². The van der Waals surface area contributed by atoms with Gasteiger partial charge in [0.05, 0.1) is 10.6 Å². The van der Waals surface area contributed by atoms with Gasteiger partial charge in [0, 0.05) is 42.5 Å². The van der Waals surface area contributed by atoms with Gasteiger partial charge in [0.15, 0.2) is 5.13 Å². The Balaban J connectivity index is 1.47. The highest BCUT2D eigenvalue weighted by molar-refractivity contribution is 7.89. The van der Waals surface area contributed by atoms with Crippen molar-refractivity contribution in [3.8, 4) is 0 Å². The van der Waals surface area contributed by atoms with Gasteiger partial charge in [-0.2, -0.15) is 4.31 Å². The van der Waals surface area contributed by atoms with E-state index >= 15 is 0 Å². The lowest BCUT2D eigenvalue weighted by Crippen LogP contribution is -2.43. The number of sulfonamides is 1. The number of hydrogen-bond donors (Lipinski definition) is 1. The monoisotopic (exact) mass is 448 g/mol. The molecule has 1 amide bonds. The van der Waals surface area contributed by atoms with Crippen molar-refractivity contribution in [2.24, 2.45) is 0 Å². The summed E-state index contributed by atoms with van der Waals surface area (Å²) in [4.78, 5) is 20.8. The van der Waals surface area contributed by atoms with E-state index in [1.807, 2.05) is 6.92 Å². The third-order valence-corrected chi connectivity index (χ3v) is 8.87. The number of nitrogens with one attached hydrogen (secondary N) is 1. The van der Waals surface area contributed by atoms with Gasteiger partial charge < -0.3 is 4.90 Å². The minimum absolute atomic E-state index is 0.0571. The van der Waals surface area contributed by atoms with Crippen LogP contribution >= 0.6 is 11.3 Å². The molecule has 0 radical (unpaired) electrons. The van der Waals surface area contributed by atoms with Gasteiger partial charge in [-0.05, 0) is 50.6 Å². The number of rotatable bonds is 5. The first-order valence-electron chi connectivity index (χ1n) is 10.5. The summed E-state index contributed by atoms with van der Waals surface area (Å²) in [5, 5.41) is 3.45. The summed E-state index contributed by atoms with van der Waals surface area (Å²) in [6.07, 6.45) is 4.57. The standard InChI is InChI=1S/C21H28N4O3S2/c1-3-16-6-4-5-12-25(16)30(27,28)17-9-7-15(8-10-17)20(26)23-21-22-18-11-13-24(2)14-19(18)29-21/h7-10,16H,3-6,11-14H2,1-2H3,(H,22,23,26)/t16-/m1/s1. The van der Waals surface area contributed by atoms with Crippen LogP contribution in [0.15, 0.2) is 29.2 Å². The van der Waals surface area contributed by atoms with E-state index in [2.05, 4.69) is 22.2 Å². The molecule has 9 heteroatoms. The lowest BCUT2D eigenvalue weighted by molar-refractivity contribution is 0.102. The first kappa shape index (κ1) is 21.4. The average molecular weight is 449 g/mol. The van der Waals surface area contributed by atoms with Crippen LogP contribution in [0.2, 0.25) is 0 Å². The summed E-state index contributed by atoms with van der Waals surface area (Å²) in [6, 6.07) is 6.28. The van der Waals surface area contributed by atoms with Crippen LogP contribution in [-0.4, -0.2) is 54.7 Å². The highest BCUT2D eigenvalue weighted by Crippen LogP contribution is 2.29. The Morgan fingerprint density at radius 1 is 1.23 bits per heavy atom. The number of amides is 1. The van der Waals surface area contributed by atoms with Gasteiger partial charge in [0.25, 0.3) is 5.91 Å². The molecule has 0 aliphatic carbocycles. The predicted molar refractivity (Wildman–Crippen MR) is 118 cm³/mol. The van der Waals surface area contributed by atoms with Gasteiger partial charge in [0.2, 0.25) is 10.0 Å². The average Bonchev–Trinajstić information content (AvgIpc) is 3.15. The highest BCUT2D eigenvalue weighted by Gasteiger charge is 2.32. The van der Waals surface area contributed by atoms with Crippen molar-refractivity contribution in [1.82, 2.24) is 14.2 Å². The fraction of sp³-hybridized carbons (Fsp3) is 0.524. The van der Waals surface area contributed by atoms with Crippen LogP contribution in [0.1, 0.15) is 53.5 Å². The van der Waals surface area contributed by atoms with Crippen LogP contribution in [0.4, 0.5) is 5.13 Å². The molecule has 1 aromatic carbocycles. The minimum atomic E-state index is -3.55. The molecule has 0 unspecified atom stereocenters. The molecule has 162 valence electrons. The number of nitrogens with zero attached hydrogens (tertiary/aromatic N) is 3. The van der Waals surface area contributed by atoms with E-state index in [0.29, 0.717) is 17.2 Å². The first-order chi connectivity index (χ1) is 14.4. The fourth-order valence-electron chi connectivity index (χ4n) is 4.16. The number of carbonyl (C=O) groups is 1. The van der Waals surface area contributed by atoms with Crippen molar-refractivity contribution in [2.75, 3.05) is 25.5 Å². The molecular weight excluding hydrogens is 420 g/mol. The topological polar surface area (TPSA) is 82.6 Å². The zero-order valence-electron chi connectivity index (χ0n) is 17.4. The van der Waals surface area contributed by atoms with E-state index < -0.39 is 10.0 Å². The molecule has 1 atom stereocenters. The molecular formula is C21H28N4O3S2. The molecule has 2 aliphatic heterocycles. The van der Waals surface area contributed by atoms with Gasteiger partial charge >= 0.3 is 0 Å². The summed E-state index contributed by atoms with van der Waals surface area (Å²) in [7, 11) is -1.47. The molecule has 1 N–H and O–H groups in total. The van der Waals surface area contributed by atoms with Crippen molar-refractivity contribution in [1.29, 1.82) is 0 Å². The summed E-state index contributed by atoms with van der Waals surface area (Å²) in [5.74, 6) is -0.275. The lowest BCUT2D eigenvalue weighted by Gasteiger charge is -2.34. The highest BCUT2D eigenvalue weighted by atomic mass is 32.2. The molecule has 4 rings (SSSR count). The molecule has 30 heavy (non-hydrogen) atoms. The normalized spacial score (nSPS) is 20.7. The number of likely N-dealkylation sites (N-methyl/N-ethyl adjacent to an activating group) is 1. The zero-order valence-corrected chi connectivity index (χ0v) is 19.1. The molecule has 7 nitrogen and oxygen atoms in total. The first-order valence-corrected chi connectivity index (χ1v) is 12.7. The maximum atomic E-state index is 13.1. The van der Waals surface area contributed by atoms with Gasteiger partial charge in [-0.15, -0.1) is 11.3 Å². The van der Waals surface area contributed by atoms with Crippen molar-refractivity contribution in [2.45, 2.75) is 56.5 Å². The quantitative estimate of drug-likeness (QED) is 0.759. The number of hydrogen-bond acceptors (Lipinski definition) is 6. The summed E-state index contributed by atoms with van der Waals surface area (Å²) in [5.41, 5.74) is 1.48. The molecule has 0 saturated carbocycles. The maximum Gasteiger partial charge on any atom is 0.257 e. The Morgan fingerprint density at radius 2 is 2.00 bits per heavy atom. The maximum absolute atomic E-state index is 13.1. The summed E-state index contributed by atoms with van der Waals surface area (Å²) >= 11 is 1.50. The van der Waals surface area contributed by atoms with Crippen LogP contribution in [0, 0.1) is 0 Å². The molecule has 0 spiro atoms. The van der Waals surface area contributed by atoms with E-state index in [4.69, 9.17) is 0 Å². The molecule has 1 fully saturated rings. The van der Waals surface area contributed by atoms with E-state index in [-0.39, 0.29) is 16.8 Å². The lowest BCUT2D eigenvalue weighted by atomic mass is 10.0. The number of thiazole rings is 1. The van der Waals surface area contributed by atoms with Crippen molar-refractivity contribution < 1.29 is 13.2 Å². The third kappa shape index (κ3) is 4.30. The van der Waals surface area contributed by atoms with E-state index in [1.165, 1.54) is 28.3 Å². The largest absolute Gasteiger partial charge is 0.301 e. The second kappa shape index (κ2) is 8.74. The van der Waals surface area contributed by atoms with Crippen molar-refractivity contribution in [3.63, 3.8) is 0 Å². The van der Waals surface area contributed by atoms with Gasteiger partial charge in [-0.3, -0.25) is 10.1 Å². The number of fused-ring (bicyclic) bond motifs is 1. The molecule has 3 heterocycles. The van der Waals surface area contributed by atoms with Gasteiger partial charge in [0.1, 0.15) is 0 Å². The van der Waals surface area contributed by atoms with E-state index in [1.54, 1.807) is 16.4 Å². The summed E-state index contributed by atoms with van der Waals surface area (Å²) in [6.45, 7) is 4.41. The summed E-state index contributed by atoms with van der Waals surface area (Å²) < 4.78 is 27.8. The molecule has 2 aromatic rings. The SMILES string of the molecule is CC[C@@H]1CCCCN1S(=O)(=O)c1ccc(C(=O)Nc2nc3c(s2)CN(C)CC3)cc1. The molecule has 0 bridgehead atoms. The van der Waals surface area contributed by atoms with Crippen molar-refractivity contribution in [3.05, 3.63) is 40.4 Å². The zero-order chi connectivity index (χ0) is 21.3. The molecule has 1 aromatic heterocycles. The Labute approximate surface area is 182 Å². The smallest absolute Gasteiger partial charge is 0.257 e. The molecule has 1 saturated heterocycles. The minimum Gasteiger partial charge on any atom is -0.301 e. The second-order valence-electron chi connectivity index (χ2n) is 8.03.